The molecule has 0 amide bonds. The second kappa shape index (κ2) is 8.85. The highest BCUT2D eigenvalue weighted by Gasteiger charge is 2.23. The van der Waals surface area contributed by atoms with Gasteiger partial charge in [-0.3, -0.25) is 10.1 Å². The molecule has 0 bridgehead atoms. The van der Waals surface area contributed by atoms with Gasteiger partial charge < -0.3 is 4.74 Å². The second-order valence-electron chi connectivity index (χ2n) is 5.59. The van der Waals surface area contributed by atoms with Crippen molar-refractivity contribution in [2.75, 3.05) is 6.61 Å². The van der Waals surface area contributed by atoms with Crippen LogP contribution in [-0.4, -0.2) is 32.9 Å². The van der Waals surface area contributed by atoms with Gasteiger partial charge in [0.05, 0.1) is 11.5 Å². The minimum absolute atomic E-state index is 0.0179. The number of hydrogen-bond acceptors (Lipinski definition) is 7. The van der Waals surface area contributed by atoms with E-state index >= 15 is 0 Å². The second-order valence-corrected chi connectivity index (χ2v) is 7.05. The molecule has 0 aliphatic heterocycles. The van der Waals surface area contributed by atoms with Gasteiger partial charge >= 0.3 is 5.97 Å². The Bertz CT molecular complexity index is 1010. The summed E-state index contributed by atoms with van der Waals surface area (Å²) in [6.45, 7) is 1.86. The number of non-ortho nitro benzene ring substituents is 1. The number of nitro groups is 1. The van der Waals surface area contributed by atoms with Gasteiger partial charge in [0.1, 0.15) is 5.69 Å². The first-order chi connectivity index (χ1) is 13.5. The number of carbonyl (C=O) groups excluding carboxylic acids is 1. The van der Waals surface area contributed by atoms with E-state index in [-0.39, 0.29) is 23.7 Å². The molecule has 1 heterocycles. The molecule has 0 aliphatic carbocycles. The third-order valence-corrected chi connectivity index (χ3v) is 5.15. The van der Waals surface area contributed by atoms with E-state index in [0.29, 0.717) is 16.3 Å². The summed E-state index contributed by atoms with van der Waals surface area (Å²) in [4.78, 5) is 23.6. The van der Waals surface area contributed by atoms with Crippen molar-refractivity contribution in [1.29, 1.82) is 0 Å². The van der Waals surface area contributed by atoms with Crippen molar-refractivity contribution in [3.8, 4) is 11.3 Å². The monoisotopic (exact) mass is 418 g/mol. The van der Waals surface area contributed by atoms with Crippen molar-refractivity contribution in [3.05, 3.63) is 68.9 Å². The molecule has 0 radical (unpaired) electrons. The average Bonchev–Trinajstić information content (AvgIpc) is 3.17. The molecular weight excluding hydrogens is 404 g/mol. The Hall–Kier alpha value is -2.91. The van der Waals surface area contributed by atoms with Crippen LogP contribution in [0.25, 0.3) is 11.3 Å². The van der Waals surface area contributed by atoms with Gasteiger partial charge in [-0.1, -0.05) is 23.7 Å². The molecule has 3 aromatic rings. The topological polar surface area (TPSA) is 111 Å². The number of nitrogens with zero attached hydrogens (tertiary/aromatic N) is 3. The van der Waals surface area contributed by atoms with Crippen molar-refractivity contribution in [1.82, 2.24) is 15.4 Å². The highest BCUT2D eigenvalue weighted by Crippen LogP contribution is 2.36. The molecular formula is C18H15ClN4O4S. The van der Waals surface area contributed by atoms with Gasteiger partial charge in [0, 0.05) is 33.4 Å². The Morgan fingerprint density at radius 3 is 2.68 bits per heavy atom. The number of nitro benzene ring substituents is 1. The van der Waals surface area contributed by atoms with Crippen molar-refractivity contribution >= 4 is 35.0 Å². The summed E-state index contributed by atoms with van der Waals surface area (Å²) in [7, 11) is 0. The van der Waals surface area contributed by atoms with Gasteiger partial charge in [-0.2, -0.15) is 10.3 Å². The fraction of sp³-hybridized carbons (Fsp3) is 0.167. The van der Waals surface area contributed by atoms with Crippen LogP contribution in [0.5, 0.6) is 0 Å². The van der Waals surface area contributed by atoms with Gasteiger partial charge in [0.25, 0.3) is 5.69 Å². The minimum Gasteiger partial charge on any atom is -0.461 e. The van der Waals surface area contributed by atoms with Gasteiger partial charge in [0.2, 0.25) is 0 Å². The zero-order valence-corrected chi connectivity index (χ0v) is 16.3. The maximum Gasteiger partial charge on any atom is 0.361 e. The predicted molar refractivity (Wildman–Crippen MR) is 105 cm³/mol. The predicted octanol–water partition coefficient (Wildman–Crippen LogP) is 4.50. The number of hydrogen-bond donors (Lipinski definition) is 1. The maximum atomic E-state index is 12.1. The smallest absolute Gasteiger partial charge is 0.361 e. The SMILES string of the molecule is CCOC(=O)c1n[nH]nc1-c1cc([N+](=O)[O-])ccc1SCc1ccc(Cl)cc1. The summed E-state index contributed by atoms with van der Waals surface area (Å²) in [5.74, 6) is -0.0411. The number of thioether (sulfide) groups is 1. The Kier molecular flexibility index (Phi) is 6.27. The molecule has 8 nitrogen and oxygen atoms in total. The van der Waals surface area contributed by atoms with Crippen LogP contribution in [0.2, 0.25) is 5.02 Å². The van der Waals surface area contributed by atoms with E-state index < -0.39 is 10.9 Å². The summed E-state index contributed by atoms with van der Waals surface area (Å²) in [5.41, 5.74) is 1.55. The van der Waals surface area contributed by atoms with Crippen molar-refractivity contribution in [3.63, 3.8) is 0 Å². The van der Waals surface area contributed by atoms with Crippen molar-refractivity contribution < 1.29 is 14.5 Å². The van der Waals surface area contributed by atoms with Gasteiger partial charge in [-0.25, -0.2) is 4.79 Å². The maximum absolute atomic E-state index is 12.1. The number of carbonyl (C=O) groups is 1. The Morgan fingerprint density at radius 1 is 1.25 bits per heavy atom. The Labute approximate surface area is 169 Å². The van der Waals surface area contributed by atoms with Gasteiger partial charge in [0.15, 0.2) is 5.69 Å². The largest absolute Gasteiger partial charge is 0.461 e. The van der Waals surface area contributed by atoms with Crippen LogP contribution in [0.3, 0.4) is 0 Å². The normalized spacial score (nSPS) is 10.6. The first-order valence-corrected chi connectivity index (χ1v) is 9.60. The number of rotatable bonds is 7. The summed E-state index contributed by atoms with van der Waals surface area (Å²) in [5, 5.41) is 22.1. The van der Waals surface area contributed by atoms with E-state index in [9.17, 15) is 14.9 Å². The molecule has 3 rings (SSSR count). The molecule has 0 saturated carbocycles. The zero-order valence-electron chi connectivity index (χ0n) is 14.7. The van der Waals surface area contributed by atoms with Gasteiger partial charge in [-0.05, 0) is 30.7 Å². The van der Waals surface area contributed by atoms with E-state index in [1.165, 1.54) is 23.9 Å². The van der Waals surface area contributed by atoms with Gasteiger partial charge in [-0.15, -0.1) is 16.9 Å². The van der Waals surface area contributed by atoms with Crippen LogP contribution in [-0.2, 0) is 10.5 Å². The molecule has 1 N–H and O–H groups in total. The Balaban J connectivity index is 1.97. The minimum atomic E-state index is -0.647. The molecule has 0 saturated heterocycles. The fourth-order valence-electron chi connectivity index (χ4n) is 2.44. The zero-order chi connectivity index (χ0) is 20.1. The fourth-order valence-corrected chi connectivity index (χ4v) is 3.56. The lowest BCUT2D eigenvalue weighted by atomic mass is 10.1. The molecule has 0 unspecified atom stereocenters. The average molecular weight is 419 g/mol. The molecule has 144 valence electrons. The number of aromatic nitrogens is 3. The molecule has 0 aliphatic rings. The number of aromatic amines is 1. The number of esters is 1. The van der Waals surface area contributed by atoms with Crippen LogP contribution >= 0.6 is 23.4 Å². The summed E-state index contributed by atoms with van der Waals surface area (Å²) < 4.78 is 4.99. The summed E-state index contributed by atoms with van der Waals surface area (Å²) in [6, 6.07) is 11.8. The lowest BCUT2D eigenvalue weighted by Crippen LogP contribution is -2.07. The molecule has 0 fully saturated rings. The number of H-pyrrole nitrogens is 1. The van der Waals surface area contributed by atoms with E-state index in [2.05, 4.69) is 15.4 Å². The van der Waals surface area contributed by atoms with Crippen LogP contribution in [0, 0.1) is 10.1 Å². The van der Waals surface area contributed by atoms with E-state index in [1.807, 2.05) is 12.1 Å². The van der Waals surface area contributed by atoms with Crippen molar-refractivity contribution in [2.45, 2.75) is 17.6 Å². The molecule has 0 atom stereocenters. The molecule has 2 aromatic carbocycles. The van der Waals surface area contributed by atoms with Crippen LogP contribution in [0.4, 0.5) is 5.69 Å². The third kappa shape index (κ3) is 4.49. The van der Waals surface area contributed by atoms with Crippen LogP contribution in [0.1, 0.15) is 23.0 Å². The number of nitrogens with one attached hydrogen (secondary N) is 1. The molecule has 0 spiro atoms. The van der Waals surface area contributed by atoms with Crippen LogP contribution in [0.15, 0.2) is 47.4 Å². The summed E-state index contributed by atoms with van der Waals surface area (Å²) in [6.07, 6.45) is 0. The quantitative estimate of drug-likeness (QED) is 0.260. The third-order valence-electron chi connectivity index (χ3n) is 3.75. The van der Waals surface area contributed by atoms with Crippen molar-refractivity contribution in [2.24, 2.45) is 0 Å². The van der Waals surface area contributed by atoms with Crippen LogP contribution < -0.4 is 0 Å². The molecule has 28 heavy (non-hydrogen) atoms. The van der Waals surface area contributed by atoms with E-state index in [4.69, 9.17) is 16.3 Å². The first kappa shape index (κ1) is 19.8. The number of ether oxygens (including phenoxy) is 1. The molecule has 10 heteroatoms. The highest BCUT2D eigenvalue weighted by molar-refractivity contribution is 7.98. The number of halogens is 1. The number of benzene rings is 2. The highest BCUT2D eigenvalue weighted by atomic mass is 35.5. The lowest BCUT2D eigenvalue weighted by Gasteiger charge is -2.09. The lowest BCUT2D eigenvalue weighted by molar-refractivity contribution is -0.384. The first-order valence-electron chi connectivity index (χ1n) is 8.23. The Morgan fingerprint density at radius 2 is 2.00 bits per heavy atom. The molecule has 1 aromatic heterocycles. The van der Waals surface area contributed by atoms with E-state index in [0.717, 1.165) is 10.5 Å². The van der Waals surface area contributed by atoms with E-state index in [1.54, 1.807) is 25.1 Å². The standard InChI is InChI=1S/C18H15ClN4O4S/c1-2-27-18(24)17-16(20-22-21-17)14-9-13(23(25)26)7-8-15(14)28-10-11-3-5-12(19)6-4-11/h3-9H,2,10H2,1H3,(H,20,21,22). The summed E-state index contributed by atoms with van der Waals surface area (Å²) >= 11 is 7.37.